The molecular formula is C18H29NO. The van der Waals surface area contributed by atoms with Gasteiger partial charge in [0, 0.05) is 11.6 Å². The Morgan fingerprint density at radius 2 is 1.90 bits per heavy atom. The summed E-state index contributed by atoms with van der Waals surface area (Å²) in [5.74, 6) is 1.94. The van der Waals surface area contributed by atoms with Crippen LogP contribution >= 0.6 is 0 Å². The lowest BCUT2D eigenvalue weighted by Crippen LogP contribution is -2.25. The van der Waals surface area contributed by atoms with E-state index < -0.39 is 0 Å². The van der Waals surface area contributed by atoms with Crippen molar-refractivity contribution in [2.75, 3.05) is 6.54 Å². The summed E-state index contributed by atoms with van der Waals surface area (Å²) in [5, 5.41) is 3.55. The number of rotatable bonds is 6. The van der Waals surface area contributed by atoms with Crippen LogP contribution in [0.5, 0.6) is 5.75 Å². The Morgan fingerprint density at radius 1 is 1.20 bits per heavy atom. The van der Waals surface area contributed by atoms with Gasteiger partial charge in [-0.2, -0.15) is 0 Å². The minimum absolute atomic E-state index is 0.355. The van der Waals surface area contributed by atoms with Crippen molar-refractivity contribution in [3.63, 3.8) is 0 Å². The van der Waals surface area contributed by atoms with Gasteiger partial charge in [-0.15, -0.1) is 0 Å². The Bertz CT molecular complexity index is 396. The molecule has 0 aliphatic heterocycles. The molecule has 20 heavy (non-hydrogen) atoms. The van der Waals surface area contributed by atoms with Gasteiger partial charge in [-0.25, -0.2) is 0 Å². The van der Waals surface area contributed by atoms with Crippen molar-refractivity contribution < 1.29 is 4.74 Å². The Balaban J connectivity index is 2.00. The summed E-state index contributed by atoms with van der Waals surface area (Å²) in [6.45, 7) is 7.82. The lowest BCUT2D eigenvalue weighted by atomic mass is 9.89. The Labute approximate surface area is 123 Å². The number of ether oxygens (including phenoxy) is 1. The summed E-state index contributed by atoms with van der Waals surface area (Å²) >= 11 is 0. The average molecular weight is 275 g/mol. The molecule has 1 N–H and O–H groups in total. The summed E-state index contributed by atoms with van der Waals surface area (Å²) in [6, 6.07) is 8.85. The zero-order chi connectivity index (χ0) is 14.4. The highest BCUT2D eigenvalue weighted by molar-refractivity contribution is 5.35. The van der Waals surface area contributed by atoms with E-state index in [0.29, 0.717) is 12.1 Å². The van der Waals surface area contributed by atoms with Crippen LogP contribution in [-0.4, -0.2) is 12.6 Å². The lowest BCUT2D eigenvalue weighted by Gasteiger charge is -2.28. The molecule has 1 aliphatic carbocycles. The fraction of sp³-hybridized carbons (Fsp3) is 0.667. The molecule has 112 valence electrons. The first-order valence-electron chi connectivity index (χ1n) is 8.19. The molecule has 1 aromatic rings. The van der Waals surface area contributed by atoms with Gasteiger partial charge in [0.2, 0.25) is 0 Å². The van der Waals surface area contributed by atoms with Crippen LogP contribution < -0.4 is 10.1 Å². The second-order valence-electron chi connectivity index (χ2n) is 6.21. The summed E-state index contributed by atoms with van der Waals surface area (Å²) in [6.07, 6.45) is 6.57. The van der Waals surface area contributed by atoms with E-state index in [1.54, 1.807) is 0 Å². The molecule has 0 amide bonds. The third kappa shape index (κ3) is 4.24. The molecule has 1 atom stereocenters. The fourth-order valence-electron chi connectivity index (χ4n) is 2.94. The molecule has 2 nitrogen and oxygen atoms in total. The van der Waals surface area contributed by atoms with Gasteiger partial charge in [0.15, 0.2) is 0 Å². The molecule has 1 aromatic carbocycles. The molecule has 2 heteroatoms. The molecule has 0 spiro atoms. The standard InChI is InChI=1S/C18H29NO/c1-4-13-19-15(3)17-7-5-6-8-18(17)20-16-11-9-14(2)10-12-16/h5-8,14-16,19H,4,9-13H2,1-3H3. The highest BCUT2D eigenvalue weighted by Crippen LogP contribution is 2.31. The second-order valence-corrected chi connectivity index (χ2v) is 6.21. The van der Waals surface area contributed by atoms with E-state index in [4.69, 9.17) is 4.74 Å². The second kappa shape index (κ2) is 7.68. The summed E-state index contributed by atoms with van der Waals surface area (Å²) in [7, 11) is 0. The first-order valence-corrected chi connectivity index (χ1v) is 8.19. The van der Waals surface area contributed by atoms with Crippen molar-refractivity contribution in [3.05, 3.63) is 29.8 Å². The van der Waals surface area contributed by atoms with Crippen molar-refractivity contribution in [1.82, 2.24) is 5.32 Å². The summed E-state index contributed by atoms with van der Waals surface area (Å²) in [5.41, 5.74) is 1.29. The molecular weight excluding hydrogens is 246 g/mol. The van der Waals surface area contributed by atoms with Crippen LogP contribution in [0.1, 0.15) is 64.5 Å². The van der Waals surface area contributed by atoms with Gasteiger partial charge in [-0.3, -0.25) is 0 Å². The fourth-order valence-corrected chi connectivity index (χ4v) is 2.94. The van der Waals surface area contributed by atoms with Gasteiger partial charge >= 0.3 is 0 Å². The van der Waals surface area contributed by atoms with Gasteiger partial charge in [0.25, 0.3) is 0 Å². The summed E-state index contributed by atoms with van der Waals surface area (Å²) < 4.78 is 6.30. The Hall–Kier alpha value is -1.02. The van der Waals surface area contributed by atoms with Gasteiger partial charge in [-0.05, 0) is 57.6 Å². The first-order chi connectivity index (χ1) is 9.70. The predicted octanol–water partition coefficient (Wildman–Crippen LogP) is 4.70. The van der Waals surface area contributed by atoms with E-state index in [1.807, 2.05) is 0 Å². The van der Waals surface area contributed by atoms with E-state index in [0.717, 1.165) is 24.6 Å². The summed E-state index contributed by atoms with van der Waals surface area (Å²) in [4.78, 5) is 0. The van der Waals surface area contributed by atoms with Crippen LogP contribution in [0.25, 0.3) is 0 Å². The van der Waals surface area contributed by atoms with E-state index in [9.17, 15) is 0 Å². The molecule has 0 bridgehead atoms. The number of hydrogen-bond donors (Lipinski definition) is 1. The number of nitrogens with one attached hydrogen (secondary N) is 1. The van der Waals surface area contributed by atoms with Crippen molar-refractivity contribution in [2.45, 2.75) is 65.0 Å². The lowest BCUT2D eigenvalue weighted by molar-refractivity contribution is 0.133. The minimum atomic E-state index is 0.355. The topological polar surface area (TPSA) is 21.3 Å². The van der Waals surface area contributed by atoms with Gasteiger partial charge in [0.05, 0.1) is 6.10 Å². The van der Waals surface area contributed by atoms with Gasteiger partial charge < -0.3 is 10.1 Å². The highest BCUT2D eigenvalue weighted by atomic mass is 16.5. The first kappa shape index (κ1) is 15.4. The molecule has 0 saturated heterocycles. The van der Waals surface area contributed by atoms with Crippen molar-refractivity contribution in [2.24, 2.45) is 5.92 Å². The molecule has 1 unspecified atom stereocenters. The number of para-hydroxylation sites is 1. The highest BCUT2D eigenvalue weighted by Gasteiger charge is 2.21. The molecule has 1 aliphatic rings. The van der Waals surface area contributed by atoms with Crippen molar-refractivity contribution in [3.8, 4) is 5.75 Å². The molecule has 0 aromatic heterocycles. The maximum atomic E-state index is 6.30. The maximum Gasteiger partial charge on any atom is 0.124 e. The van der Waals surface area contributed by atoms with Crippen LogP contribution in [0.3, 0.4) is 0 Å². The quantitative estimate of drug-likeness (QED) is 0.812. The Kier molecular flexibility index (Phi) is 5.90. The van der Waals surface area contributed by atoms with E-state index in [1.165, 1.54) is 31.2 Å². The van der Waals surface area contributed by atoms with E-state index in [-0.39, 0.29) is 0 Å². The van der Waals surface area contributed by atoms with Crippen LogP contribution in [0.15, 0.2) is 24.3 Å². The zero-order valence-electron chi connectivity index (χ0n) is 13.2. The van der Waals surface area contributed by atoms with Crippen LogP contribution in [0.2, 0.25) is 0 Å². The molecule has 0 radical (unpaired) electrons. The Morgan fingerprint density at radius 3 is 2.60 bits per heavy atom. The van der Waals surface area contributed by atoms with E-state index >= 15 is 0 Å². The van der Waals surface area contributed by atoms with Gasteiger partial charge in [0.1, 0.15) is 5.75 Å². The third-order valence-corrected chi connectivity index (χ3v) is 4.34. The average Bonchev–Trinajstić information content (AvgIpc) is 2.48. The zero-order valence-corrected chi connectivity index (χ0v) is 13.2. The number of hydrogen-bond acceptors (Lipinski definition) is 2. The molecule has 0 heterocycles. The van der Waals surface area contributed by atoms with Crippen LogP contribution in [0, 0.1) is 5.92 Å². The van der Waals surface area contributed by atoms with Crippen molar-refractivity contribution >= 4 is 0 Å². The minimum Gasteiger partial charge on any atom is -0.490 e. The maximum absolute atomic E-state index is 6.30. The third-order valence-electron chi connectivity index (χ3n) is 4.34. The van der Waals surface area contributed by atoms with Crippen LogP contribution in [0.4, 0.5) is 0 Å². The molecule has 1 fully saturated rings. The largest absolute Gasteiger partial charge is 0.490 e. The molecule has 2 rings (SSSR count). The number of benzene rings is 1. The monoisotopic (exact) mass is 275 g/mol. The van der Waals surface area contributed by atoms with E-state index in [2.05, 4.69) is 50.4 Å². The smallest absolute Gasteiger partial charge is 0.124 e. The normalized spacial score (nSPS) is 24.4. The SMILES string of the molecule is CCCNC(C)c1ccccc1OC1CCC(C)CC1. The predicted molar refractivity (Wildman–Crippen MR) is 85.2 cm³/mol. The molecule has 1 saturated carbocycles. The van der Waals surface area contributed by atoms with Crippen molar-refractivity contribution in [1.29, 1.82) is 0 Å². The van der Waals surface area contributed by atoms with Gasteiger partial charge in [-0.1, -0.05) is 32.0 Å². The van der Waals surface area contributed by atoms with Crippen LogP contribution in [-0.2, 0) is 0 Å².